The Balaban J connectivity index is 1.31. The normalized spacial score (nSPS) is 22.1. The predicted octanol–water partition coefficient (Wildman–Crippen LogP) is 4.72. The molecule has 1 saturated carbocycles. The second kappa shape index (κ2) is 14.1. The summed E-state index contributed by atoms with van der Waals surface area (Å²) >= 11 is 6.54. The number of nitrogens with zero attached hydrogens (tertiary/aromatic N) is 3. The molecule has 40 heavy (non-hydrogen) atoms. The van der Waals surface area contributed by atoms with Crippen molar-refractivity contribution in [3.63, 3.8) is 0 Å². The van der Waals surface area contributed by atoms with Gasteiger partial charge < -0.3 is 30.5 Å². The van der Waals surface area contributed by atoms with Gasteiger partial charge in [-0.1, -0.05) is 17.7 Å². The lowest BCUT2D eigenvalue weighted by atomic mass is 9.82. The van der Waals surface area contributed by atoms with E-state index in [1.165, 1.54) is 0 Å². The Morgan fingerprint density at radius 2 is 1.95 bits per heavy atom. The average Bonchev–Trinajstić information content (AvgIpc) is 2.97. The number of aromatic nitrogens is 2. The highest BCUT2D eigenvalue weighted by atomic mass is 35.5. The van der Waals surface area contributed by atoms with E-state index in [1.54, 1.807) is 13.1 Å². The number of carboxylic acid groups (broad SMARTS) is 1. The maximum Gasteiger partial charge on any atom is 0.332 e. The third kappa shape index (κ3) is 8.27. The van der Waals surface area contributed by atoms with E-state index in [0.717, 1.165) is 42.8 Å². The largest absolute Gasteiger partial charge is 0.479 e. The van der Waals surface area contributed by atoms with Crippen molar-refractivity contribution in [2.45, 2.75) is 76.6 Å². The zero-order chi connectivity index (χ0) is 28.5. The Labute approximate surface area is 240 Å². The fourth-order valence-electron chi connectivity index (χ4n) is 5.17. The van der Waals surface area contributed by atoms with Crippen LogP contribution < -0.4 is 16.0 Å². The molecule has 0 aromatic carbocycles. The lowest BCUT2D eigenvalue weighted by Gasteiger charge is -2.32. The molecule has 4 N–H and O–H groups in total. The number of ether oxygens (including phenoxy) is 2. The lowest BCUT2D eigenvalue weighted by molar-refractivity contribution is -0.149. The number of carbonyl (C=O) groups is 1. The zero-order valence-corrected chi connectivity index (χ0v) is 23.9. The first-order valence-corrected chi connectivity index (χ1v) is 14.4. The van der Waals surface area contributed by atoms with Crippen LogP contribution in [0.5, 0.6) is 0 Å². The number of rotatable bonds is 12. The Morgan fingerprint density at radius 3 is 2.65 bits per heavy atom. The predicted molar refractivity (Wildman–Crippen MR) is 154 cm³/mol. The summed E-state index contributed by atoms with van der Waals surface area (Å²) in [5.74, 6) is 0.506. The Morgan fingerprint density at radius 1 is 1.23 bits per heavy atom. The minimum absolute atomic E-state index is 0.0803. The molecule has 1 aliphatic heterocycles. The third-order valence-corrected chi connectivity index (χ3v) is 8.02. The fourth-order valence-corrected chi connectivity index (χ4v) is 5.37. The highest BCUT2D eigenvalue weighted by molar-refractivity contribution is 6.33. The second-order valence-electron chi connectivity index (χ2n) is 10.9. The molecule has 4 rings (SSSR count). The van der Waals surface area contributed by atoms with Crippen molar-refractivity contribution in [2.75, 3.05) is 37.0 Å². The molecule has 0 amide bonds. The molecule has 2 fully saturated rings. The fraction of sp³-hybridized carbons (Fsp3) is 0.586. The molecule has 2 atom stereocenters. The van der Waals surface area contributed by atoms with E-state index in [2.05, 4.69) is 27.0 Å². The zero-order valence-electron chi connectivity index (χ0n) is 23.2. The molecule has 10 nitrogen and oxygen atoms in total. The summed E-state index contributed by atoms with van der Waals surface area (Å²) in [7, 11) is 0. The van der Waals surface area contributed by atoms with Crippen molar-refractivity contribution in [1.29, 1.82) is 5.26 Å². The van der Waals surface area contributed by atoms with Crippen molar-refractivity contribution in [3.8, 4) is 17.3 Å². The van der Waals surface area contributed by atoms with Crippen LogP contribution in [0.25, 0.3) is 11.3 Å². The van der Waals surface area contributed by atoms with Gasteiger partial charge in [0.05, 0.1) is 28.8 Å². The standard InChI is InChI=1S/C29H39ClN6O4/c1-19(16-40-20(2)28(37)38)34-21-6-8-22(9-7-21)35-27-14-23(24(30)15-32-27)25-4-3-5-26(36-25)33-18-29(17-31)10-12-39-13-11-29/h3-5,14-15,19-22,34H,6-13,16,18H2,1-2H3,(H,32,35)(H,33,36)(H,37,38)/t19-,20+,21-,22-/m1/s1. The van der Waals surface area contributed by atoms with Crippen LogP contribution in [0.2, 0.25) is 5.02 Å². The van der Waals surface area contributed by atoms with Gasteiger partial charge in [0.15, 0.2) is 6.10 Å². The van der Waals surface area contributed by atoms with Crippen LogP contribution in [0.3, 0.4) is 0 Å². The van der Waals surface area contributed by atoms with Crippen molar-refractivity contribution in [2.24, 2.45) is 5.41 Å². The van der Waals surface area contributed by atoms with Crippen LogP contribution in [-0.2, 0) is 14.3 Å². The summed E-state index contributed by atoms with van der Waals surface area (Å²) in [5.41, 5.74) is 1.09. The summed E-state index contributed by atoms with van der Waals surface area (Å²) in [6.45, 7) is 5.65. The maximum atomic E-state index is 10.9. The molecule has 2 aromatic heterocycles. The number of halogens is 1. The van der Waals surface area contributed by atoms with Crippen molar-refractivity contribution in [3.05, 3.63) is 35.5 Å². The first kappa shape index (κ1) is 30.0. The van der Waals surface area contributed by atoms with Gasteiger partial charge in [0, 0.05) is 49.6 Å². The van der Waals surface area contributed by atoms with Gasteiger partial charge in [0.25, 0.3) is 0 Å². The number of pyridine rings is 2. The topological polar surface area (TPSA) is 141 Å². The number of hydrogen-bond acceptors (Lipinski definition) is 9. The van der Waals surface area contributed by atoms with Gasteiger partial charge in [-0.25, -0.2) is 14.8 Å². The van der Waals surface area contributed by atoms with Crippen LogP contribution in [-0.4, -0.2) is 71.6 Å². The van der Waals surface area contributed by atoms with E-state index in [4.69, 9.17) is 31.2 Å². The molecular formula is C29H39ClN6O4. The molecule has 2 aliphatic rings. The molecule has 11 heteroatoms. The van der Waals surface area contributed by atoms with Crippen LogP contribution in [0.1, 0.15) is 52.4 Å². The monoisotopic (exact) mass is 570 g/mol. The summed E-state index contributed by atoms with van der Waals surface area (Å²) in [6.07, 6.45) is 6.24. The van der Waals surface area contributed by atoms with Crippen LogP contribution in [0, 0.1) is 16.7 Å². The highest BCUT2D eigenvalue weighted by Gasteiger charge is 2.32. The van der Waals surface area contributed by atoms with Gasteiger partial charge in [0.2, 0.25) is 0 Å². The van der Waals surface area contributed by atoms with E-state index >= 15 is 0 Å². The van der Waals surface area contributed by atoms with Gasteiger partial charge in [-0.05, 0) is 70.6 Å². The Bertz CT molecular complexity index is 1180. The molecule has 0 bridgehead atoms. The number of carboxylic acids is 1. The second-order valence-corrected chi connectivity index (χ2v) is 11.3. The Hall–Kier alpha value is -2.97. The molecule has 0 radical (unpaired) electrons. The van der Waals surface area contributed by atoms with E-state index in [0.29, 0.717) is 62.1 Å². The summed E-state index contributed by atoms with van der Waals surface area (Å²) in [4.78, 5) is 20.2. The quantitative estimate of drug-likeness (QED) is 0.283. The average molecular weight is 571 g/mol. The highest BCUT2D eigenvalue weighted by Crippen LogP contribution is 2.32. The molecule has 216 valence electrons. The van der Waals surface area contributed by atoms with Crippen LogP contribution >= 0.6 is 11.6 Å². The minimum atomic E-state index is -0.947. The van der Waals surface area contributed by atoms with E-state index < -0.39 is 17.5 Å². The number of hydrogen-bond donors (Lipinski definition) is 4. The third-order valence-electron chi connectivity index (χ3n) is 7.72. The van der Waals surface area contributed by atoms with Gasteiger partial charge in [-0.3, -0.25) is 0 Å². The van der Waals surface area contributed by atoms with Crippen molar-refractivity contribution < 1.29 is 19.4 Å². The van der Waals surface area contributed by atoms with Crippen LogP contribution in [0.4, 0.5) is 11.6 Å². The molecule has 3 heterocycles. The van der Waals surface area contributed by atoms with Gasteiger partial charge >= 0.3 is 5.97 Å². The smallest absolute Gasteiger partial charge is 0.332 e. The molecular weight excluding hydrogens is 532 g/mol. The van der Waals surface area contributed by atoms with Crippen molar-refractivity contribution in [1.82, 2.24) is 15.3 Å². The SMILES string of the molecule is C[C@H](CO[C@@H](C)C(=O)O)N[C@H]1CC[C@H](Nc2cc(-c3cccc(NCC4(C#N)CCOCC4)n3)c(Cl)cn2)CC1. The number of anilines is 2. The number of nitriles is 1. The van der Waals surface area contributed by atoms with E-state index in [-0.39, 0.29) is 6.04 Å². The minimum Gasteiger partial charge on any atom is -0.479 e. The first-order chi connectivity index (χ1) is 19.3. The molecule has 2 aromatic rings. The maximum absolute atomic E-state index is 10.9. The van der Waals surface area contributed by atoms with Gasteiger partial charge in [-0.15, -0.1) is 0 Å². The van der Waals surface area contributed by atoms with Gasteiger partial charge in [-0.2, -0.15) is 5.26 Å². The van der Waals surface area contributed by atoms with E-state index in [9.17, 15) is 10.1 Å². The number of aliphatic carboxylic acids is 1. The summed E-state index contributed by atoms with van der Waals surface area (Å²) < 4.78 is 10.8. The number of nitrogens with one attached hydrogen (secondary N) is 3. The van der Waals surface area contributed by atoms with Gasteiger partial charge in [0.1, 0.15) is 11.6 Å². The molecule has 0 unspecified atom stereocenters. The molecule has 0 spiro atoms. The van der Waals surface area contributed by atoms with E-state index in [1.807, 2.05) is 31.2 Å². The molecule has 1 saturated heterocycles. The molecule has 1 aliphatic carbocycles. The summed E-state index contributed by atoms with van der Waals surface area (Å²) in [5, 5.41) is 29.7. The summed E-state index contributed by atoms with van der Waals surface area (Å²) in [6, 6.07) is 10.9. The Kier molecular flexibility index (Phi) is 10.6. The van der Waals surface area contributed by atoms with Crippen LogP contribution in [0.15, 0.2) is 30.5 Å². The first-order valence-electron chi connectivity index (χ1n) is 14.0. The van der Waals surface area contributed by atoms with Crippen molar-refractivity contribution >= 4 is 29.2 Å². The lowest BCUT2D eigenvalue weighted by Crippen LogP contribution is -2.43.